The molecule has 0 aliphatic rings. The maximum atomic E-state index is 13.5. The zero-order valence-electron chi connectivity index (χ0n) is 11.5. The smallest absolute Gasteiger partial charge is 0.412 e. The summed E-state index contributed by atoms with van der Waals surface area (Å²) in [6.45, 7) is 4.64. The average molecular weight is 300 g/mol. The van der Waals surface area contributed by atoms with Crippen LogP contribution in [0.4, 0.5) is 20.6 Å². The Bertz CT molecular complexity index is 609. The van der Waals surface area contributed by atoms with Crippen molar-refractivity contribution in [2.24, 2.45) is 0 Å². The number of carbonyl (C=O) groups is 2. The fourth-order valence-electron chi connectivity index (χ4n) is 1.46. The first kappa shape index (κ1) is 16.3. The van der Waals surface area contributed by atoms with Gasteiger partial charge in [0.1, 0.15) is 22.7 Å². The van der Waals surface area contributed by atoms with Gasteiger partial charge in [-0.25, -0.2) is 14.0 Å². The van der Waals surface area contributed by atoms with Gasteiger partial charge in [-0.1, -0.05) is 0 Å². The number of benzene rings is 1. The van der Waals surface area contributed by atoms with Gasteiger partial charge in [-0.15, -0.1) is 0 Å². The van der Waals surface area contributed by atoms with Crippen LogP contribution < -0.4 is 5.32 Å². The van der Waals surface area contributed by atoms with Gasteiger partial charge >= 0.3 is 12.1 Å². The van der Waals surface area contributed by atoms with E-state index in [1.54, 1.807) is 20.8 Å². The Hall–Kier alpha value is -2.71. The van der Waals surface area contributed by atoms with Crippen molar-refractivity contribution in [3.63, 3.8) is 0 Å². The van der Waals surface area contributed by atoms with Crippen LogP contribution in [0.2, 0.25) is 0 Å². The highest BCUT2D eigenvalue weighted by atomic mass is 19.1. The number of hydrogen-bond acceptors (Lipinski definition) is 5. The van der Waals surface area contributed by atoms with Crippen molar-refractivity contribution in [2.75, 3.05) is 5.32 Å². The Labute approximate surface area is 118 Å². The van der Waals surface area contributed by atoms with E-state index in [1.807, 2.05) is 5.32 Å². The normalized spacial score (nSPS) is 10.9. The number of carboxylic acid groups (broad SMARTS) is 1. The molecular formula is C12H13FN2O6. The van der Waals surface area contributed by atoms with Gasteiger partial charge in [-0.3, -0.25) is 15.4 Å². The van der Waals surface area contributed by atoms with Crippen molar-refractivity contribution in [1.82, 2.24) is 0 Å². The molecule has 0 saturated heterocycles. The Kier molecular flexibility index (Phi) is 4.46. The van der Waals surface area contributed by atoms with Gasteiger partial charge in [0.25, 0.3) is 5.69 Å². The second-order valence-electron chi connectivity index (χ2n) is 5.01. The molecule has 21 heavy (non-hydrogen) atoms. The molecule has 1 amide bonds. The van der Waals surface area contributed by atoms with Crippen LogP contribution in [-0.2, 0) is 4.74 Å². The van der Waals surface area contributed by atoms with Gasteiger partial charge in [0, 0.05) is 6.07 Å². The third-order valence-corrected chi connectivity index (χ3v) is 2.17. The summed E-state index contributed by atoms with van der Waals surface area (Å²) in [5.41, 5.74) is -3.42. The summed E-state index contributed by atoms with van der Waals surface area (Å²) in [7, 11) is 0. The second kappa shape index (κ2) is 5.73. The zero-order chi connectivity index (χ0) is 16.4. The molecule has 1 aromatic rings. The minimum Gasteiger partial charge on any atom is -0.478 e. The van der Waals surface area contributed by atoms with E-state index in [0.717, 1.165) is 6.07 Å². The fraction of sp³-hybridized carbons (Fsp3) is 0.333. The van der Waals surface area contributed by atoms with Crippen molar-refractivity contribution >= 4 is 23.4 Å². The number of hydrogen-bond donors (Lipinski definition) is 2. The summed E-state index contributed by atoms with van der Waals surface area (Å²) in [6.07, 6.45) is -1.13. The minimum atomic E-state index is -1.75. The lowest BCUT2D eigenvalue weighted by atomic mass is 10.1. The number of nitro benzene ring substituents is 1. The zero-order valence-corrected chi connectivity index (χ0v) is 11.5. The van der Waals surface area contributed by atoms with E-state index in [2.05, 4.69) is 0 Å². The number of aromatic carboxylic acids is 1. The van der Waals surface area contributed by atoms with Crippen molar-refractivity contribution in [3.8, 4) is 0 Å². The van der Waals surface area contributed by atoms with Crippen LogP contribution in [-0.4, -0.2) is 27.7 Å². The number of rotatable bonds is 3. The predicted molar refractivity (Wildman–Crippen MR) is 69.9 cm³/mol. The summed E-state index contributed by atoms with van der Waals surface area (Å²) in [6, 6.07) is 1.40. The largest absolute Gasteiger partial charge is 0.478 e. The van der Waals surface area contributed by atoms with Gasteiger partial charge in [-0.05, 0) is 26.8 Å². The van der Waals surface area contributed by atoms with Gasteiger partial charge in [-0.2, -0.15) is 0 Å². The van der Waals surface area contributed by atoms with E-state index in [1.165, 1.54) is 0 Å². The number of nitrogens with one attached hydrogen (secondary N) is 1. The highest BCUT2D eigenvalue weighted by Gasteiger charge is 2.28. The molecule has 114 valence electrons. The molecule has 0 heterocycles. The fourth-order valence-corrected chi connectivity index (χ4v) is 1.46. The van der Waals surface area contributed by atoms with Gasteiger partial charge in [0.15, 0.2) is 0 Å². The van der Waals surface area contributed by atoms with Crippen molar-refractivity contribution in [2.45, 2.75) is 26.4 Å². The van der Waals surface area contributed by atoms with Gasteiger partial charge in [0.05, 0.1) is 4.92 Å². The topological polar surface area (TPSA) is 119 Å². The molecule has 8 nitrogen and oxygen atoms in total. The van der Waals surface area contributed by atoms with Crippen LogP contribution in [0, 0.1) is 15.9 Å². The number of nitro groups is 1. The van der Waals surface area contributed by atoms with E-state index in [-0.39, 0.29) is 0 Å². The summed E-state index contributed by atoms with van der Waals surface area (Å²) in [5.74, 6) is -2.96. The number of anilines is 1. The molecule has 0 aliphatic carbocycles. The minimum absolute atomic E-state index is 0.641. The second-order valence-corrected chi connectivity index (χ2v) is 5.01. The Morgan fingerprint density at radius 1 is 1.38 bits per heavy atom. The SMILES string of the molecule is CC(C)(C)OC(=O)Nc1c([N+](=O)[O-])ccc(F)c1C(=O)O. The van der Waals surface area contributed by atoms with Crippen LogP contribution in [0.5, 0.6) is 0 Å². The van der Waals surface area contributed by atoms with Crippen molar-refractivity contribution in [3.05, 3.63) is 33.6 Å². The molecule has 0 atom stereocenters. The van der Waals surface area contributed by atoms with E-state index < -0.39 is 45.3 Å². The number of carbonyl (C=O) groups excluding carboxylic acids is 1. The first-order valence-electron chi connectivity index (χ1n) is 5.73. The summed E-state index contributed by atoms with van der Waals surface area (Å²) in [4.78, 5) is 32.6. The molecule has 0 radical (unpaired) electrons. The number of nitrogens with zero attached hydrogens (tertiary/aromatic N) is 1. The van der Waals surface area contributed by atoms with E-state index >= 15 is 0 Å². The lowest BCUT2D eigenvalue weighted by molar-refractivity contribution is -0.384. The van der Waals surface area contributed by atoms with E-state index in [4.69, 9.17) is 9.84 Å². The average Bonchev–Trinajstić information content (AvgIpc) is 2.24. The monoisotopic (exact) mass is 300 g/mol. The van der Waals surface area contributed by atoms with Crippen LogP contribution >= 0.6 is 0 Å². The molecule has 0 spiro atoms. The molecule has 0 saturated carbocycles. The Morgan fingerprint density at radius 3 is 2.38 bits per heavy atom. The molecule has 9 heteroatoms. The summed E-state index contributed by atoms with van der Waals surface area (Å²) < 4.78 is 18.4. The number of ether oxygens (including phenoxy) is 1. The molecule has 0 aliphatic heterocycles. The molecular weight excluding hydrogens is 287 g/mol. The number of carboxylic acids is 1. The molecule has 0 bridgehead atoms. The van der Waals surface area contributed by atoms with Crippen molar-refractivity contribution in [1.29, 1.82) is 0 Å². The maximum absolute atomic E-state index is 13.5. The summed E-state index contributed by atoms with van der Waals surface area (Å²) >= 11 is 0. The van der Waals surface area contributed by atoms with Crippen LogP contribution in [0.15, 0.2) is 12.1 Å². The lowest BCUT2D eigenvalue weighted by Crippen LogP contribution is -2.28. The third-order valence-electron chi connectivity index (χ3n) is 2.17. The van der Waals surface area contributed by atoms with E-state index in [9.17, 15) is 24.1 Å². The van der Waals surface area contributed by atoms with Crippen LogP contribution in [0.1, 0.15) is 31.1 Å². The molecule has 0 fully saturated rings. The standard InChI is InChI=1S/C12H13FN2O6/c1-12(2,3)21-11(18)14-9-7(15(19)20)5-4-6(13)8(9)10(16)17/h4-5H,1-3H3,(H,14,18)(H,16,17). The molecule has 1 rings (SSSR count). The highest BCUT2D eigenvalue weighted by Crippen LogP contribution is 2.31. The van der Waals surface area contributed by atoms with Crippen LogP contribution in [0.3, 0.4) is 0 Å². The van der Waals surface area contributed by atoms with Crippen molar-refractivity contribution < 1.29 is 28.7 Å². The maximum Gasteiger partial charge on any atom is 0.412 e. The van der Waals surface area contributed by atoms with Crippen LogP contribution in [0.25, 0.3) is 0 Å². The molecule has 0 unspecified atom stereocenters. The number of halogens is 1. The molecule has 2 N–H and O–H groups in total. The number of amides is 1. The highest BCUT2D eigenvalue weighted by molar-refractivity contribution is 6.02. The lowest BCUT2D eigenvalue weighted by Gasteiger charge is -2.20. The first-order valence-corrected chi connectivity index (χ1v) is 5.73. The third kappa shape index (κ3) is 4.13. The van der Waals surface area contributed by atoms with Gasteiger partial charge in [0.2, 0.25) is 0 Å². The Morgan fingerprint density at radius 2 is 1.95 bits per heavy atom. The van der Waals surface area contributed by atoms with E-state index in [0.29, 0.717) is 6.07 Å². The van der Waals surface area contributed by atoms with Gasteiger partial charge < -0.3 is 9.84 Å². The first-order chi connectivity index (χ1) is 9.53. The summed E-state index contributed by atoms with van der Waals surface area (Å²) in [5, 5.41) is 21.7. The Balaban J connectivity index is 3.31. The quantitative estimate of drug-likeness (QED) is 0.654. The molecule has 0 aromatic heterocycles. The molecule has 1 aromatic carbocycles. The predicted octanol–water partition coefficient (Wildman–Crippen LogP) is 2.78.